The van der Waals surface area contributed by atoms with E-state index < -0.39 is 5.91 Å². The van der Waals surface area contributed by atoms with Gasteiger partial charge < -0.3 is 9.88 Å². The van der Waals surface area contributed by atoms with Crippen LogP contribution in [0.3, 0.4) is 0 Å². The van der Waals surface area contributed by atoms with Crippen LogP contribution in [0.1, 0.15) is 37.2 Å². The minimum Gasteiger partial charge on any atom is -0.353 e. The van der Waals surface area contributed by atoms with Crippen molar-refractivity contribution in [3.63, 3.8) is 0 Å². The van der Waals surface area contributed by atoms with Crippen molar-refractivity contribution in [3.05, 3.63) is 51.8 Å². The second-order valence-corrected chi connectivity index (χ2v) is 7.25. The largest absolute Gasteiger partial charge is 0.353 e. The molecule has 0 saturated carbocycles. The summed E-state index contributed by atoms with van der Waals surface area (Å²) in [4.78, 5) is 23.3. The van der Waals surface area contributed by atoms with E-state index in [1.807, 2.05) is 58.0 Å². The van der Waals surface area contributed by atoms with Crippen LogP contribution < -0.4 is 10.7 Å². The van der Waals surface area contributed by atoms with Crippen LogP contribution >= 0.6 is 15.9 Å². The van der Waals surface area contributed by atoms with Crippen LogP contribution in [0.4, 0.5) is 0 Å². The Kier molecular flexibility index (Phi) is 6.74. The maximum absolute atomic E-state index is 11.7. The lowest BCUT2D eigenvalue weighted by Crippen LogP contribution is -2.34. The third kappa shape index (κ3) is 5.29. The van der Waals surface area contributed by atoms with Gasteiger partial charge in [0.1, 0.15) is 6.42 Å². The predicted octanol–water partition coefficient (Wildman–Crippen LogP) is 3.22. The number of amides is 2. The second-order valence-electron chi connectivity index (χ2n) is 6.33. The number of hydrazone groups is 1. The van der Waals surface area contributed by atoms with Crippen molar-refractivity contribution in [2.75, 3.05) is 0 Å². The molecule has 0 aliphatic carbocycles. The number of carbonyl (C=O) groups is 2. The SMILES string of the molecule is Cc1cc(/C=N/NC(=O)CC(=O)NC(C)C)c(C)n1-c1cccc(Br)c1. The second kappa shape index (κ2) is 8.80. The lowest BCUT2D eigenvalue weighted by molar-refractivity contribution is -0.129. The molecule has 0 atom stereocenters. The lowest BCUT2D eigenvalue weighted by atomic mass is 10.2. The number of hydrogen-bond acceptors (Lipinski definition) is 3. The maximum Gasteiger partial charge on any atom is 0.249 e. The van der Waals surface area contributed by atoms with E-state index in [1.54, 1.807) is 6.21 Å². The van der Waals surface area contributed by atoms with Crippen LogP contribution in [0.25, 0.3) is 5.69 Å². The van der Waals surface area contributed by atoms with Crippen molar-refractivity contribution in [2.45, 2.75) is 40.2 Å². The van der Waals surface area contributed by atoms with Gasteiger partial charge in [0, 0.05) is 33.2 Å². The van der Waals surface area contributed by atoms with Crippen molar-refractivity contribution in [3.8, 4) is 5.69 Å². The molecule has 0 aliphatic rings. The first kappa shape index (κ1) is 19.9. The molecule has 2 aromatic rings. The summed E-state index contributed by atoms with van der Waals surface area (Å²) in [6.45, 7) is 7.69. The van der Waals surface area contributed by atoms with Gasteiger partial charge in [-0.3, -0.25) is 9.59 Å². The molecule has 0 unspecified atom stereocenters. The summed E-state index contributed by atoms with van der Waals surface area (Å²) >= 11 is 3.49. The van der Waals surface area contributed by atoms with E-state index in [0.29, 0.717) is 0 Å². The zero-order valence-electron chi connectivity index (χ0n) is 15.3. The number of nitrogens with one attached hydrogen (secondary N) is 2. The molecule has 1 heterocycles. The van der Waals surface area contributed by atoms with Crippen LogP contribution in [0.5, 0.6) is 0 Å². The highest BCUT2D eigenvalue weighted by molar-refractivity contribution is 9.10. The smallest absolute Gasteiger partial charge is 0.249 e. The summed E-state index contributed by atoms with van der Waals surface area (Å²) < 4.78 is 3.12. The number of halogens is 1. The average Bonchev–Trinajstić information content (AvgIpc) is 2.80. The van der Waals surface area contributed by atoms with Crippen LogP contribution in [0.2, 0.25) is 0 Å². The topological polar surface area (TPSA) is 75.5 Å². The monoisotopic (exact) mass is 418 g/mol. The van der Waals surface area contributed by atoms with Crippen LogP contribution in [0.15, 0.2) is 39.9 Å². The van der Waals surface area contributed by atoms with Crippen LogP contribution in [0, 0.1) is 13.8 Å². The van der Waals surface area contributed by atoms with Crippen molar-refractivity contribution in [1.29, 1.82) is 0 Å². The Balaban J connectivity index is 2.06. The molecule has 2 N–H and O–H groups in total. The highest BCUT2D eigenvalue weighted by Gasteiger charge is 2.11. The average molecular weight is 419 g/mol. The Labute approximate surface area is 161 Å². The van der Waals surface area contributed by atoms with E-state index >= 15 is 0 Å². The van der Waals surface area contributed by atoms with Crippen molar-refractivity contribution in [2.24, 2.45) is 5.10 Å². The van der Waals surface area contributed by atoms with Gasteiger partial charge in [-0.25, -0.2) is 5.43 Å². The van der Waals surface area contributed by atoms with Gasteiger partial charge in [0.05, 0.1) is 6.21 Å². The van der Waals surface area contributed by atoms with E-state index in [-0.39, 0.29) is 18.4 Å². The highest BCUT2D eigenvalue weighted by Crippen LogP contribution is 2.22. The normalized spacial score (nSPS) is 11.2. The van der Waals surface area contributed by atoms with Crippen LogP contribution in [-0.2, 0) is 9.59 Å². The van der Waals surface area contributed by atoms with Gasteiger partial charge in [-0.2, -0.15) is 5.10 Å². The molecule has 2 amide bonds. The first-order chi connectivity index (χ1) is 12.3. The number of benzene rings is 1. The van der Waals surface area contributed by atoms with Crippen LogP contribution in [-0.4, -0.2) is 28.6 Å². The van der Waals surface area contributed by atoms with Gasteiger partial charge in [0.25, 0.3) is 0 Å². The van der Waals surface area contributed by atoms with E-state index in [1.165, 1.54) is 0 Å². The lowest BCUT2D eigenvalue weighted by Gasteiger charge is -2.09. The molecule has 1 aromatic carbocycles. The number of rotatable bonds is 6. The molecule has 7 heteroatoms. The van der Waals surface area contributed by atoms with E-state index in [9.17, 15) is 9.59 Å². The third-order valence-electron chi connectivity index (χ3n) is 3.70. The standard InChI is InChI=1S/C19H23BrN4O2/c1-12(2)22-18(25)10-19(26)23-21-11-15-8-13(3)24(14(15)4)17-7-5-6-16(20)9-17/h5-9,11-12H,10H2,1-4H3,(H,22,25)(H,23,26)/b21-11+. The Morgan fingerprint density at radius 1 is 1.23 bits per heavy atom. The van der Waals surface area contributed by atoms with Gasteiger partial charge in [0.2, 0.25) is 11.8 Å². The summed E-state index contributed by atoms with van der Waals surface area (Å²) in [6.07, 6.45) is 1.35. The first-order valence-electron chi connectivity index (χ1n) is 8.34. The van der Waals surface area contributed by atoms with Crippen molar-refractivity contribution in [1.82, 2.24) is 15.3 Å². The highest BCUT2D eigenvalue weighted by atomic mass is 79.9. The number of nitrogens with zero attached hydrogens (tertiary/aromatic N) is 2. The molecule has 2 rings (SSSR count). The quantitative estimate of drug-likeness (QED) is 0.429. The van der Waals surface area contributed by atoms with E-state index in [4.69, 9.17) is 0 Å². The number of hydrogen-bond donors (Lipinski definition) is 2. The number of aryl methyl sites for hydroxylation is 1. The Morgan fingerprint density at radius 3 is 2.62 bits per heavy atom. The molecule has 0 radical (unpaired) electrons. The van der Waals surface area contributed by atoms with Gasteiger partial charge in [-0.15, -0.1) is 0 Å². The van der Waals surface area contributed by atoms with E-state index in [0.717, 1.165) is 27.1 Å². The molecule has 0 bridgehead atoms. The fourth-order valence-electron chi connectivity index (χ4n) is 2.66. The van der Waals surface area contributed by atoms with Gasteiger partial charge in [-0.05, 0) is 52.0 Å². The Bertz CT molecular complexity index is 840. The molecular weight excluding hydrogens is 396 g/mol. The molecule has 0 saturated heterocycles. The van der Waals surface area contributed by atoms with Crippen molar-refractivity contribution < 1.29 is 9.59 Å². The molecule has 1 aromatic heterocycles. The fourth-order valence-corrected chi connectivity index (χ4v) is 3.05. The molecule has 26 heavy (non-hydrogen) atoms. The molecular formula is C19H23BrN4O2. The summed E-state index contributed by atoms with van der Waals surface area (Å²) in [5.74, 6) is -0.763. The van der Waals surface area contributed by atoms with Crippen molar-refractivity contribution >= 4 is 34.0 Å². The Hall–Kier alpha value is -2.41. The fraction of sp³-hybridized carbons (Fsp3) is 0.316. The third-order valence-corrected chi connectivity index (χ3v) is 4.19. The zero-order chi connectivity index (χ0) is 19.3. The summed E-state index contributed by atoms with van der Waals surface area (Å²) in [6, 6.07) is 10.0. The Morgan fingerprint density at radius 2 is 1.96 bits per heavy atom. The molecule has 0 spiro atoms. The minimum atomic E-state index is -0.444. The van der Waals surface area contributed by atoms with Gasteiger partial charge >= 0.3 is 0 Å². The zero-order valence-corrected chi connectivity index (χ0v) is 16.9. The van der Waals surface area contributed by atoms with Gasteiger partial charge in [0.15, 0.2) is 0 Å². The first-order valence-corrected chi connectivity index (χ1v) is 9.13. The predicted molar refractivity (Wildman–Crippen MR) is 107 cm³/mol. The molecule has 6 nitrogen and oxygen atoms in total. The minimum absolute atomic E-state index is 0.00205. The summed E-state index contributed by atoms with van der Waals surface area (Å²) in [5, 5.41) is 6.64. The van der Waals surface area contributed by atoms with E-state index in [2.05, 4.69) is 36.3 Å². The van der Waals surface area contributed by atoms with Gasteiger partial charge in [-0.1, -0.05) is 22.0 Å². The maximum atomic E-state index is 11.7. The molecule has 0 aliphatic heterocycles. The summed E-state index contributed by atoms with van der Waals surface area (Å²) in [7, 11) is 0. The molecule has 0 fully saturated rings. The number of aromatic nitrogens is 1. The molecule has 138 valence electrons. The number of carbonyl (C=O) groups excluding carboxylic acids is 2. The summed E-state index contributed by atoms with van der Waals surface area (Å²) in [5.41, 5.74) is 6.41.